The lowest BCUT2D eigenvalue weighted by atomic mass is 10.4. The van der Waals surface area contributed by atoms with Gasteiger partial charge >= 0.3 is 0 Å². The number of hydrogen-bond acceptors (Lipinski definition) is 5. The van der Waals surface area contributed by atoms with Crippen LogP contribution in [-0.2, 0) is 0 Å². The third kappa shape index (κ3) is 3.40. The minimum Gasteiger partial charge on any atom is -0.396 e. The van der Waals surface area contributed by atoms with Crippen LogP contribution in [0.15, 0.2) is 0 Å². The van der Waals surface area contributed by atoms with Crippen LogP contribution in [0.4, 0.5) is 0 Å². The molecule has 1 aromatic heterocycles. The number of nitrogens with zero attached hydrogens (tertiary/aromatic N) is 3. The van der Waals surface area contributed by atoms with Crippen LogP contribution in [-0.4, -0.2) is 45.8 Å². The van der Waals surface area contributed by atoms with E-state index < -0.39 is 0 Å². The Bertz CT molecular complexity index is 331. The number of halogens is 1. The smallest absolute Gasteiger partial charge is 0.284 e. The molecule has 0 bridgehead atoms. The van der Waals surface area contributed by atoms with Crippen molar-refractivity contribution in [1.29, 1.82) is 0 Å². The highest BCUT2D eigenvalue weighted by Crippen LogP contribution is 2.16. The summed E-state index contributed by atoms with van der Waals surface area (Å²) in [7, 11) is 0. The van der Waals surface area contributed by atoms with Crippen LogP contribution >= 0.6 is 22.9 Å². The highest BCUT2D eigenvalue weighted by atomic mass is 35.5. The van der Waals surface area contributed by atoms with E-state index in [-0.39, 0.29) is 17.0 Å². The van der Waals surface area contributed by atoms with E-state index in [1.807, 2.05) is 6.92 Å². The van der Waals surface area contributed by atoms with Gasteiger partial charge < -0.3 is 10.0 Å². The lowest BCUT2D eigenvalue weighted by molar-refractivity contribution is 0.0753. The van der Waals surface area contributed by atoms with Crippen LogP contribution in [0.1, 0.15) is 23.1 Å². The average molecular weight is 250 g/mol. The normalized spacial score (nSPS) is 10.3. The second-order valence-corrected chi connectivity index (χ2v) is 4.38. The molecule has 15 heavy (non-hydrogen) atoms. The first-order valence-corrected chi connectivity index (χ1v) is 5.77. The molecule has 0 fully saturated rings. The highest BCUT2D eigenvalue weighted by Gasteiger charge is 2.17. The van der Waals surface area contributed by atoms with Crippen molar-refractivity contribution in [3.63, 3.8) is 0 Å². The zero-order chi connectivity index (χ0) is 11.3. The molecule has 1 N–H and O–H groups in total. The van der Waals surface area contributed by atoms with E-state index in [1.54, 1.807) is 4.90 Å². The molecule has 0 aliphatic rings. The molecule has 0 aliphatic heterocycles. The Kier molecular flexibility index (Phi) is 4.93. The van der Waals surface area contributed by atoms with Gasteiger partial charge in [0.1, 0.15) is 0 Å². The first-order valence-electron chi connectivity index (χ1n) is 4.58. The highest BCUT2D eigenvalue weighted by molar-refractivity contribution is 7.17. The third-order valence-electron chi connectivity index (χ3n) is 1.84. The number of carbonyl (C=O) groups is 1. The van der Waals surface area contributed by atoms with Crippen LogP contribution in [0, 0.1) is 0 Å². The molecule has 0 aliphatic carbocycles. The topological polar surface area (TPSA) is 66.3 Å². The van der Waals surface area contributed by atoms with Crippen LogP contribution in [0.5, 0.6) is 0 Å². The molecule has 5 nitrogen and oxygen atoms in total. The summed E-state index contributed by atoms with van der Waals surface area (Å²) in [4.78, 5) is 13.4. The van der Waals surface area contributed by atoms with Crippen LogP contribution < -0.4 is 0 Å². The molecule has 1 amide bonds. The Hall–Kier alpha value is -0.720. The minimum absolute atomic E-state index is 0.0701. The van der Waals surface area contributed by atoms with E-state index in [0.717, 1.165) is 11.3 Å². The van der Waals surface area contributed by atoms with Crippen molar-refractivity contribution in [3.05, 3.63) is 9.47 Å². The summed E-state index contributed by atoms with van der Waals surface area (Å²) in [5.74, 6) is -0.185. The lowest BCUT2D eigenvalue weighted by Gasteiger charge is -2.18. The molecule has 0 radical (unpaired) electrons. The minimum atomic E-state index is -0.185. The monoisotopic (exact) mass is 249 g/mol. The molecular weight excluding hydrogens is 238 g/mol. The zero-order valence-corrected chi connectivity index (χ0v) is 9.88. The van der Waals surface area contributed by atoms with Crippen LogP contribution in [0.3, 0.4) is 0 Å². The number of hydrogen-bond donors (Lipinski definition) is 1. The van der Waals surface area contributed by atoms with Gasteiger partial charge in [0, 0.05) is 19.7 Å². The molecular formula is C8H12ClN3O2S. The first-order chi connectivity index (χ1) is 7.19. The van der Waals surface area contributed by atoms with Gasteiger partial charge in [0.2, 0.25) is 9.47 Å². The van der Waals surface area contributed by atoms with E-state index in [0.29, 0.717) is 24.5 Å². The van der Waals surface area contributed by atoms with Gasteiger partial charge in [0.05, 0.1) is 0 Å². The molecule has 0 atom stereocenters. The van der Waals surface area contributed by atoms with E-state index in [2.05, 4.69) is 10.2 Å². The predicted octanol–water partition coefficient (Wildman–Crippen LogP) is 1.04. The standard InChI is InChI=1S/C8H12ClN3O2S/c1-2-12(4-3-5-13)7(14)6-10-11-8(9)15-6/h13H,2-5H2,1H3. The summed E-state index contributed by atoms with van der Waals surface area (Å²) in [6, 6.07) is 0. The quantitative estimate of drug-likeness (QED) is 0.847. The summed E-state index contributed by atoms with van der Waals surface area (Å²) in [6.45, 7) is 3.04. The largest absolute Gasteiger partial charge is 0.396 e. The van der Waals surface area contributed by atoms with Gasteiger partial charge in [0.25, 0.3) is 5.91 Å². The first kappa shape index (κ1) is 12.4. The predicted molar refractivity (Wildman–Crippen MR) is 58.2 cm³/mol. The SMILES string of the molecule is CCN(CCCO)C(=O)c1nnc(Cl)s1. The molecule has 1 rings (SSSR count). The Labute approximate surface area is 96.7 Å². The van der Waals surface area contributed by atoms with Crippen molar-refractivity contribution in [2.75, 3.05) is 19.7 Å². The summed E-state index contributed by atoms with van der Waals surface area (Å²) >= 11 is 6.65. The Morgan fingerprint density at radius 1 is 1.60 bits per heavy atom. The third-order valence-corrected chi connectivity index (χ3v) is 2.85. The van der Waals surface area contributed by atoms with Gasteiger partial charge in [0.15, 0.2) is 0 Å². The van der Waals surface area contributed by atoms with E-state index in [9.17, 15) is 4.79 Å². The average Bonchev–Trinajstić information content (AvgIpc) is 2.65. The molecule has 0 saturated carbocycles. The molecule has 0 unspecified atom stereocenters. The summed E-state index contributed by atoms with van der Waals surface area (Å²) in [5, 5.41) is 16.2. The fourth-order valence-electron chi connectivity index (χ4n) is 1.09. The van der Waals surface area contributed by atoms with Crippen molar-refractivity contribution >= 4 is 28.8 Å². The fourth-order valence-corrected chi connectivity index (χ4v) is 1.89. The second-order valence-electron chi connectivity index (χ2n) is 2.82. The van der Waals surface area contributed by atoms with Gasteiger partial charge in [-0.05, 0) is 24.9 Å². The Morgan fingerprint density at radius 3 is 2.80 bits per heavy atom. The fraction of sp³-hybridized carbons (Fsp3) is 0.625. The number of aliphatic hydroxyl groups excluding tert-OH is 1. The molecule has 0 aromatic carbocycles. The van der Waals surface area contributed by atoms with Gasteiger partial charge in [-0.25, -0.2) is 0 Å². The number of amides is 1. The van der Waals surface area contributed by atoms with Crippen molar-refractivity contribution in [3.8, 4) is 0 Å². The van der Waals surface area contributed by atoms with Crippen molar-refractivity contribution < 1.29 is 9.90 Å². The van der Waals surface area contributed by atoms with Crippen molar-refractivity contribution in [2.24, 2.45) is 0 Å². The van der Waals surface area contributed by atoms with E-state index >= 15 is 0 Å². The van der Waals surface area contributed by atoms with Crippen molar-refractivity contribution in [1.82, 2.24) is 15.1 Å². The molecule has 0 spiro atoms. The molecule has 1 aromatic rings. The maximum absolute atomic E-state index is 11.8. The van der Waals surface area contributed by atoms with Gasteiger partial charge in [-0.2, -0.15) is 0 Å². The van der Waals surface area contributed by atoms with Crippen LogP contribution in [0.2, 0.25) is 4.47 Å². The number of carbonyl (C=O) groups excluding carboxylic acids is 1. The van der Waals surface area contributed by atoms with Gasteiger partial charge in [-0.1, -0.05) is 11.3 Å². The molecule has 0 saturated heterocycles. The summed E-state index contributed by atoms with van der Waals surface area (Å²) < 4.78 is 0.261. The van der Waals surface area contributed by atoms with Crippen LogP contribution in [0.25, 0.3) is 0 Å². The Morgan fingerprint density at radius 2 is 2.33 bits per heavy atom. The van der Waals surface area contributed by atoms with E-state index in [4.69, 9.17) is 16.7 Å². The number of aromatic nitrogens is 2. The Balaban J connectivity index is 2.64. The maximum Gasteiger partial charge on any atom is 0.284 e. The number of rotatable bonds is 5. The van der Waals surface area contributed by atoms with Gasteiger partial charge in [-0.15, -0.1) is 10.2 Å². The van der Waals surface area contributed by atoms with Gasteiger partial charge in [-0.3, -0.25) is 4.79 Å². The molecule has 84 valence electrons. The maximum atomic E-state index is 11.8. The van der Waals surface area contributed by atoms with Crippen molar-refractivity contribution in [2.45, 2.75) is 13.3 Å². The molecule has 7 heteroatoms. The zero-order valence-electron chi connectivity index (χ0n) is 8.31. The second kappa shape index (κ2) is 5.99. The summed E-state index contributed by atoms with van der Waals surface area (Å²) in [5.41, 5.74) is 0. The molecule has 1 heterocycles. The number of aliphatic hydroxyl groups is 1. The summed E-state index contributed by atoms with van der Waals surface area (Å²) in [6.07, 6.45) is 0.562. The van der Waals surface area contributed by atoms with E-state index in [1.165, 1.54) is 0 Å². The lowest BCUT2D eigenvalue weighted by Crippen LogP contribution is -2.32.